The third-order valence-electron chi connectivity index (χ3n) is 5.82. The Morgan fingerprint density at radius 3 is 3.04 bits per heavy atom. The van der Waals surface area contributed by atoms with Crippen LogP contribution in [-0.2, 0) is 19.6 Å². The zero-order valence-corrected chi connectivity index (χ0v) is 15.7. The Kier molecular flexibility index (Phi) is 3.41. The number of benzene rings is 1. The van der Waals surface area contributed by atoms with Gasteiger partial charge in [0.15, 0.2) is 0 Å². The number of hydrogen-bond donors (Lipinski definition) is 2. The smallest absolute Gasteiger partial charge is 0.220 e. The van der Waals surface area contributed by atoms with Crippen molar-refractivity contribution in [2.75, 3.05) is 29.1 Å². The first-order valence-corrected chi connectivity index (χ1v) is 10.0. The maximum atomic E-state index is 6.08. The van der Waals surface area contributed by atoms with Gasteiger partial charge in [0.25, 0.3) is 0 Å². The van der Waals surface area contributed by atoms with Crippen LogP contribution in [0.1, 0.15) is 30.5 Å². The van der Waals surface area contributed by atoms with Crippen LogP contribution in [0.15, 0.2) is 18.3 Å². The van der Waals surface area contributed by atoms with Gasteiger partial charge in [-0.2, -0.15) is 0 Å². The van der Waals surface area contributed by atoms with E-state index in [1.807, 2.05) is 6.20 Å². The summed E-state index contributed by atoms with van der Waals surface area (Å²) in [6, 6.07) is 4.28. The normalized spacial score (nSPS) is 18.1. The Morgan fingerprint density at radius 1 is 1.21 bits per heavy atom. The molecule has 3 N–H and O–H groups in total. The number of fused-ring (bicyclic) bond motifs is 1. The summed E-state index contributed by atoms with van der Waals surface area (Å²) >= 11 is 0. The number of nitrogen functional groups attached to an aromatic ring is 1. The van der Waals surface area contributed by atoms with Crippen molar-refractivity contribution >= 4 is 28.6 Å². The lowest BCUT2D eigenvalue weighted by Crippen LogP contribution is -2.20. The molecule has 144 valence electrons. The molecule has 1 saturated carbocycles. The summed E-state index contributed by atoms with van der Waals surface area (Å²) in [6.07, 6.45) is 5.46. The van der Waals surface area contributed by atoms with Crippen molar-refractivity contribution in [2.45, 2.75) is 38.9 Å². The summed E-state index contributed by atoms with van der Waals surface area (Å²) in [7, 11) is 0. The van der Waals surface area contributed by atoms with E-state index in [9.17, 15) is 0 Å². The number of nitrogens with two attached hydrogens (primary N) is 1. The average Bonchev–Trinajstić information content (AvgIpc) is 3.37. The molecule has 6 rings (SSSR count). The van der Waals surface area contributed by atoms with Crippen molar-refractivity contribution in [2.24, 2.45) is 5.92 Å². The van der Waals surface area contributed by atoms with Gasteiger partial charge in [-0.25, -0.2) is 15.0 Å². The van der Waals surface area contributed by atoms with E-state index in [0.717, 1.165) is 78.3 Å². The van der Waals surface area contributed by atoms with Gasteiger partial charge in [-0.15, -0.1) is 0 Å². The number of nitrogens with one attached hydrogen (secondary N) is 1. The first kappa shape index (κ1) is 16.0. The third kappa shape index (κ3) is 2.63. The number of aromatic nitrogens is 4. The molecule has 4 heterocycles. The van der Waals surface area contributed by atoms with Gasteiger partial charge >= 0.3 is 0 Å². The van der Waals surface area contributed by atoms with Crippen LogP contribution >= 0.6 is 0 Å². The fourth-order valence-corrected chi connectivity index (χ4v) is 4.18. The number of aryl methyl sites for hydroxylation is 1. The molecule has 1 aromatic carbocycles. The fraction of sp³-hybridized carbons (Fsp3) is 0.450. The van der Waals surface area contributed by atoms with E-state index in [1.54, 1.807) is 0 Å². The second-order valence-corrected chi connectivity index (χ2v) is 7.99. The van der Waals surface area contributed by atoms with Crippen LogP contribution in [0.2, 0.25) is 0 Å². The molecule has 3 aromatic rings. The molecule has 0 bridgehead atoms. The highest BCUT2D eigenvalue weighted by atomic mass is 16.5. The molecule has 0 unspecified atom stereocenters. The van der Waals surface area contributed by atoms with E-state index < -0.39 is 0 Å². The summed E-state index contributed by atoms with van der Waals surface area (Å²) in [5, 5.41) is 3.56. The first-order chi connectivity index (χ1) is 13.7. The van der Waals surface area contributed by atoms with E-state index in [0.29, 0.717) is 12.5 Å². The molecular formula is C20H23N7O. The number of ether oxygens (including phenoxy) is 1. The molecule has 0 radical (unpaired) electrons. The lowest BCUT2D eigenvalue weighted by Gasteiger charge is -2.17. The molecule has 3 aliphatic rings. The number of imidazole rings is 1. The topological polar surface area (TPSA) is 94.1 Å². The Labute approximate surface area is 162 Å². The van der Waals surface area contributed by atoms with Gasteiger partial charge in [-0.05, 0) is 31.2 Å². The van der Waals surface area contributed by atoms with Crippen molar-refractivity contribution in [3.8, 4) is 5.75 Å². The summed E-state index contributed by atoms with van der Waals surface area (Å²) < 4.78 is 8.38. The molecule has 1 aliphatic carbocycles. The SMILES string of the molecule is Nc1ncc2c(n1)CN(c1nc3cc(NCC4CC4)cc4c3n1CCCO4)C2. The van der Waals surface area contributed by atoms with Gasteiger partial charge in [-0.3, -0.25) is 0 Å². The van der Waals surface area contributed by atoms with E-state index in [4.69, 9.17) is 15.5 Å². The Bertz CT molecular complexity index is 1070. The molecule has 28 heavy (non-hydrogen) atoms. The summed E-state index contributed by atoms with van der Waals surface area (Å²) in [6.45, 7) is 4.11. The Hall–Kier alpha value is -3.03. The van der Waals surface area contributed by atoms with Gasteiger partial charge in [0.1, 0.15) is 11.3 Å². The first-order valence-electron chi connectivity index (χ1n) is 10.0. The predicted octanol–water partition coefficient (Wildman–Crippen LogP) is 2.53. The van der Waals surface area contributed by atoms with E-state index in [2.05, 4.69) is 36.9 Å². The maximum Gasteiger partial charge on any atom is 0.220 e. The van der Waals surface area contributed by atoms with Crippen LogP contribution < -0.4 is 20.7 Å². The van der Waals surface area contributed by atoms with Crippen LogP contribution in [0.3, 0.4) is 0 Å². The van der Waals surface area contributed by atoms with Crippen molar-refractivity contribution in [3.63, 3.8) is 0 Å². The molecule has 0 atom stereocenters. The zero-order valence-electron chi connectivity index (χ0n) is 15.7. The van der Waals surface area contributed by atoms with Gasteiger partial charge in [0.05, 0.1) is 24.4 Å². The molecule has 0 spiro atoms. The molecule has 8 heteroatoms. The number of anilines is 3. The summed E-state index contributed by atoms with van der Waals surface area (Å²) in [4.78, 5) is 15.8. The largest absolute Gasteiger partial charge is 0.491 e. The minimum Gasteiger partial charge on any atom is -0.491 e. The van der Waals surface area contributed by atoms with Crippen molar-refractivity contribution in [3.05, 3.63) is 29.6 Å². The minimum absolute atomic E-state index is 0.328. The summed E-state index contributed by atoms with van der Waals surface area (Å²) in [5.74, 6) is 3.04. The molecule has 2 aliphatic heterocycles. The lowest BCUT2D eigenvalue weighted by molar-refractivity contribution is 0.316. The van der Waals surface area contributed by atoms with E-state index in [-0.39, 0.29) is 0 Å². The lowest BCUT2D eigenvalue weighted by atomic mass is 10.2. The van der Waals surface area contributed by atoms with Crippen molar-refractivity contribution in [1.82, 2.24) is 19.5 Å². The van der Waals surface area contributed by atoms with Crippen molar-refractivity contribution < 1.29 is 4.74 Å². The number of nitrogens with zero attached hydrogens (tertiary/aromatic N) is 5. The minimum atomic E-state index is 0.328. The van der Waals surface area contributed by atoms with Gasteiger partial charge < -0.3 is 25.3 Å². The monoisotopic (exact) mass is 377 g/mol. The summed E-state index contributed by atoms with van der Waals surface area (Å²) in [5.41, 5.74) is 11.0. The molecule has 8 nitrogen and oxygen atoms in total. The maximum absolute atomic E-state index is 6.08. The van der Waals surface area contributed by atoms with E-state index in [1.165, 1.54) is 12.8 Å². The molecule has 2 aromatic heterocycles. The van der Waals surface area contributed by atoms with Crippen LogP contribution in [0, 0.1) is 5.92 Å². The fourth-order valence-electron chi connectivity index (χ4n) is 4.18. The van der Waals surface area contributed by atoms with Crippen molar-refractivity contribution in [1.29, 1.82) is 0 Å². The number of hydrogen-bond acceptors (Lipinski definition) is 7. The molecule has 1 fully saturated rings. The van der Waals surface area contributed by atoms with Gasteiger partial charge in [0.2, 0.25) is 11.9 Å². The Morgan fingerprint density at radius 2 is 2.14 bits per heavy atom. The van der Waals surface area contributed by atoms with Crippen LogP contribution in [0.5, 0.6) is 5.75 Å². The van der Waals surface area contributed by atoms with Crippen LogP contribution in [0.25, 0.3) is 11.0 Å². The highest BCUT2D eigenvalue weighted by Gasteiger charge is 2.28. The quantitative estimate of drug-likeness (QED) is 0.721. The Balaban J connectivity index is 1.40. The van der Waals surface area contributed by atoms with E-state index >= 15 is 0 Å². The van der Waals surface area contributed by atoms with Crippen LogP contribution in [-0.4, -0.2) is 32.7 Å². The van der Waals surface area contributed by atoms with Gasteiger partial charge in [0, 0.05) is 43.1 Å². The highest BCUT2D eigenvalue weighted by Crippen LogP contribution is 2.38. The second kappa shape index (κ2) is 5.98. The van der Waals surface area contributed by atoms with Gasteiger partial charge in [-0.1, -0.05) is 0 Å². The molecule has 0 amide bonds. The average molecular weight is 377 g/mol. The molecular weight excluding hydrogens is 354 g/mol. The highest BCUT2D eigenvalue weighted by molar-refractivity contribution is 5.88. The third-order valence-corrected chi connectivity index (χ3v) is 5.82. The number of rotatable bonds is 4. The van der Waals surface area contributed by atoms with Crippen LogP contribution in [0.4, 0.5) is 17.6 Å². The second-order valence-electron chi connectivity index (χ2n) is 7.99. The zero-order chi connectivity index (χ0) is 18.7. The predicted molar refractivity (Wildman–Crippen MR) is 107 cm³/mol. The molecule has 0 saturated heterocycles. The standard InChI is InChI=1S/C20H23N7O/c21-19-23-9-13-10-26(11-16(13)24-19)20-25-15-6-14(22-8-12-2-3-12)7-17-18(15)27(20)4-1-5-28-17/h6-7,9,12,22H,1-5,8,10-11H2,(H2,21,23,24).